The van der Waals surface area contributed by atoms with Crippen LogP contribution in [0.3, 0.4) is 0 Å². The van der Waals surface area contributed by atoms with Crippen molar-refractivity contribution < 1.29 is 0 Å². The molecule has 0 aromatic carbocycles. The lowest BCUT2D eigenvalue weighted by Crippen LogP contribution is -2.60. The van der Waals surface area contributed by atoms with Crippen LogP contribution in [0.5, 0.6) is 0 Å². The standard InChI is InChI=1S/C14H31N3/c1-6-16-8-7-12(15)11-9-13(2,3)17-14(4,5)10-11/h11-12,16-17H,6-10,15H2,1-5H3. The molecule has 3 nitrogen and oxygen atoms in total. The van der Waals surface area contributed by atoms with Crippen molar-refractivity contribution in [3.63, 3.8) is 0 Å². The van der Waals surface area contributed by atoms with Crippen molar-refractivity contribution in [2.45, 2.75) is 71.0 Å². The maximum atomic E-state index is 6.36. The van der Waals surface area contributed by atoms with Gasteiger partial charge in [-0.25, -0.2) is 0 Å². The second kappa shape index (κ2) is 5.68. The highest BCUT2D eigenvalue weighted by atomic mass is 15.1. The maximum absolute atomic E-state index is 6.36. The summed E-state index contributed by atoms with van der Waals surface area (Å²) in [7, 11) is 0. The fourth-order valence-corrected chi connectivity index (χ4v) is 3.39. The lowest BCUT2D eigenvalue weighted by molar-refractivity contribution is 0.111. The molecule has 0 aromatic rings. The van der Waals surface area contributed by atoms with Gasteiger partial charge in [-0.15, -0.1) is 0 Å². The van der Waals surface area contributed by atoms with Gasteiger partial charge in [0.15, 0.2) is 0 Å². The monoisotopic (exact) mass is 241 g/mol. The van der Waals surface area contributed by atoms with Gasteiger partial charge >= 0.3 is 0 Å². The van der Waals surface area contributed by atoms with Gasteiger partial charge in [-0.2, -0.15) is 0 Å². The first-order valence-electron chi connectivity index (χ1n) is 7.01. The van der Waals surface area contributed by atoms with E-state index in [4.69, 9.17) is 5.73 Å². The molecule has 0 aliphatic carbocycles. The van der Waals surface area contributed by atoms with E-state index in [1.807, 2.05) is 0 Å². The summed E-state index contributed by atoms with van der Waals surface area (Å²) < 4.78 is 0. The van der Waals surface area contributed by atoms with Crippen LogP contribution in [0.2, 0.25) is 0 Å². The number of nitrogens with one attached hydrogen (secondary N) is 2. The van der Waals surface area contributed by atoms with Crippen LogP contribution < -0.4 is 16.4 Å². The quantitative estimate of drug-likeness (QED) is 0.644. The van der Waals surface area contributed by atoms with Crippen molar-refractivity contribution in [2.24, 2.45) is 11.7 Å². The van der Waals surface area contributed by atoms with Crippen molar-refractivity contribution in [2.75, 3.05) is 13.1 Å². The van der Waals surface area contributed by atoms with E-state index >= 15 is 0 Å². The average Bonchev–Trinajstić information content (AvgIpc) is 2.13. The first-order valence-corrected chi connectivity index (χ1v) is 7.01. The molecule has 17 heavy (non-hydrogen) atoms. The molecule has 0 bridgehead atoms. The Bertz CT molecular complexity index is 220. The van der Waals surface area contributed by atoms with Crippen LogP contribution in [0.4, 0.5) is 0 Å². The molecule has 1 heterocycles. The molecular weight excluding hydrogens is 210 g/mol. The van der Waals surface area contributed by atoms with E-state index < -0.39 is 0 Å². The second-order valence-electron chi connectivity index (χ2n) is 6.87. The topological polar surface area (TPSA) is 50.1 Å². The molecule has 0 radical (unpaired) electrons. The Morgan fingerprint density at radius 1 is 1.24 bits per heavy atom. The van der Waals surface area contributed by atoms with Crippen LogP contribution in [-0.4, -0.2) is 30.2 Å². The molecule has 0 saturated carbocycles. The minimum Gasteiger partial charge on any atom is -0.327 e. The zero-order valence-corrected chi connectivity index (χ0v) is 12.3. The van der Waals surface area contributed by atoms with E-state index in [0.29, 0.717) is 12.0 Å². The van der Waals surface area contributed by atoms with Gasteiger partial charge in [0.05, 0.1) is 0 Å². The van der Waals surface area contributed by atoms with Gasteiger partial charge in [-0.3, -0.25) is 0 Å². The van der Waals surface area contributed by atoms with E-state index in [-0.39, 0.29) is 11.1 Å². The predicted octanol–water partition coefficient (Wildman–Crippen LogP) is 1.87. The SMILES string of the molecule is CCNCCC(N)C1CC(C)(C)NC(C)(C)C1. The highest BCUT2D eigenvalue weighted by Crippen LogP contribution is 2.34. The van der Waals surface area contributed by atoms with Crippen LogP contribution >= 0.6 is 0 Å². The maximum Gasteiger partial charge on any atom is 0.0133 e. The fourth-order valence-electron chi connectivity index (χ4n) is 3.39. The van der Waals surface area contributed by atoms with Gasteiger partial charge in [0.1, 0.15) is 0 Å². The third-order valence-corrected chi connectivity index (χ3v) is 3.73. The summed E-state index contributed by atoms with van der Waals surface area (Å²) in [5, 5.41) is 7.08. The highest BCUT2D eigenvalue weighted by Gasteiger charge is 2.39. The molecule has 0 amide bonds. The Morgan fingerprint density at radius 3 is 2.24 bits per heavy atom. The molecule has 102 valence electrons. The summed E-state index contributed by atoms with van der Waals surface area (Å²) in [4.78, 5) is 0. The lowest BCUT2D eigenvalue weighted by atomic mass is 9.72. The number of rotatable bonds is 5. The van der Waals surface area contributed by atoms with Crippen molar-refractivity contribution >= 4 is 0 Å². The Labute approximate surface area is 107 Å². The summed E-state index contributed by atoms with van der Waals surface area (Å²) >= 11 is 0. The van der Waals surface area contributed by atoms with E-state index in [9.17, 15) is 0 Å². The minimum atomic E-state index is 0.211. The lowest BCUT2D eigenvalue weighted by Gasteiger charge is -2.48. The molecule has 0 aromatic heterocycles. The van der Waals surface area contributed by atoms with Gasteiger partial charge in [-0.05, 0) is 66.0 Å². The molecule has 1 atom stereocenters. The summed E-state index contributed by atoms with van der Waals surface area (Å²) in [5.74, 6) is 0.639. The summed E-state index contributed by atoms with van der Waals surface area (Å²) in [6, 6.07) is 0.328. The molecule has 1 saturated heterocycles. The van der Waals surface area contributed by atoms with Crippen molar-refractivity contribution in [3.8, 4) is 0 Å². The number of hydrogen-bond acceptors (Lipinski definition) is 3. The molecule has 3 heteroatoms. The highest BCUT2D eigenvalue weighted by molar-refractivity contribution is 4.99. The van der Waals surface area contributed by atoms with Gasteiger partial charge in [0, 0.05) is 17.1 Å². The van der Waals surface area contributed by atoms with Crippen LogP contribution in [0.25, 0.3) is 0 Å². The Balaban J connectivity index is 2.52. The smallest absolute Gasteiger partial charge is 0.0133 e. The largest absolute Gasteiger partial charge is 0.327 e. The second-order valence-corrected chi connectivity index (χ2v) is 6.87. The normalized spacial score (nSPS) is 25.8. The third-order valence-electron chi connectivity index (χ3n) is 3.73. The summed E-state index contributed by atoms with van der Waals surface area (Å²) in [6.07, 6.45) is 3.46. The molecule has 0 spiro atoms. The number of hydrogen-bond donors (Lipinski definition) is 3. The predicted molar refractivity (Wildman–Crippen MR) is 75.2 cm³/mol. The number of nitrogens with two attached hydrogens (primary N) is 1. The van der Waals surface area contributed by atoms with E-state index in [0.717, 1.165) is 19.5 Å². The zero-order chi connectivity index (χ0) is 13.1. The van der Waals surface area contributed by atoms with Crippen LogP contribution in [0.1, 0.15) is 53.9 Å². The molecule has 1 aliphatic rings. The van der Waals surface area contributed by atoms with Crippen molar-refractivity contribution in [3.05, 3.63) is 0 Å². The minimum absolute atomic E-state index is 0.211. The molecule has 1 rings (SSSR count). The van der Waals surface area contributed by atoms with Gasteiger partial charge in [0.2, 0.25) is 0 Å². The number of piperidine rings is 1. The van der Waals surface area contributed by atoms with E-state index in [1.165, 1.54) is 12.8 Å². The van der Waals surface area contributed by atoms with Crippen molar-refractivity contribution in [1.29, 1.82) is 0 Å². The fraction of sp³-hybridized carbons (Fsp3) is 1.00. The Morgan fingerprint density at radius 2 is 1.76 bits per heavy atom. The molecule has 1 aliphatic heterocycles. The van der Waals surface area contributed by atoms with Crippen LogP contribution in [0, 0.1) is 5.92 Å². The van der Waals surface area contributed by atoms with E-state index in [2.05, 4.69) is 45.3 Å². The van der Waals surface area contributed by atoms with Crippen molar-refractivity contribution in [1.82, 2.24) is 10.6 Å². The summed E-state index contributed by atoms with van der Waals surface area (Å²) in [6.45, 7) is 13.4. The zero-order valence-electron chi connectivity index (χ0n) is 12.3. The Kier molecular flexibility index (Phi) is 4.99. The Hall–Kier alpha value is -0.120. The first kappa shape index (κ1) is 14.9. The molecule has 4 N–H and O–H groups in total. The first-order chi connectivity index (χ1) is 7.76. The molecule has 1 fully saturated rings. The average molecular weight is 241 g/mol. The van der Waals surface area contributed by atoms with Gasteiger partial charge in [-0.1, -0.05) is 6.92 Å². The summed E-state index contributed by atoms with van der Waals surface area (Å²) in [5.41, 5.74) is 6.78. The molecular formula is C14H31N3. The van der Waals surface area contributed by atoms with E-state index in [1.54, 1.807) is 0 Å². The van der Waals surface area contributed by atoms with Gasteiger partial charge < -0.3 is 16.4 Å². The third kappa shape index (κ3) is 4.94. The van der Waals surface area contributed by atoms with Gasteiger partial charge in [0.25, 0.3) is 0 Å². The van der Waals surface area contributed by atoms with Crippen LogP contribution in [0.15, 0.2) is 0 Å². The van der Waals surface area contributed by atoms with Crippen LogP contribution in [-0.2, 0) is 0 Å². The molecule has 1 unspecified atom stereocenters.